The van der Waals surface area contributed by atoms with Gasteiger partial charge in [-0.2, -0.15) is 0 Å². The van der Waals surface area contributed by atoms with Crippen LogP contribution in [0.1, 0.15) is 50.4 Å². The lowest BCUT2D eigenvalue weighted by atomic mass is 9.67. The second kappa shape index (κ2) is 6.37. The third kappa shape index (κ3) is 3.25. The Kier molecular flexibility index (Phi) is 4.53. The maximum atomic E-state index is 12.5. The molecule has 2 fully saturated rings. The van der Waals surface area contributed by atoms with E-state index >= 15 is 0 Å². The summed E-state index contributed by atoms with van der Waals surface area (Å²) in [6.07, 6.45) is 6.14. The van der Waals surface area contributed by atoms with Gasteiger partial charge < -0.3 is 14.9 Å². The Morgan fingerprint density at radius 2 is 1.80 bits per heavy atom. The third-order valence-electron chi connectivity index (χ3n) is 5.93. The summed E-state index contributed by atoms with van der Waals surface area (Å²) in [5.41, 5.74) is -0.177. The molecule has 1 atom stereocenters. The summed E-state index contributed by atoms with van der Waals surface area (Å²) in [4.78, 5) is 36.0. The van der Waals surface area contributed by atoms with Crippen molar-refractivity contribution >= 4 is 11.8 Å². The molecule has 1 aromatic heterocycles. The molecule has 25 heavy (non-hydrogen) atoms. The van der Waals surface area contributed by atoms with Crippen molar-refractivity contribution in [2.75, 3.05) is 19.6 Å². The molecule has 7 heteroatoms. The van der Waals surface area contributed by atoms with E-state index in [2.05, 4.69) is 9.97 Å². The smallest absolute Gasteiger partial charge is 0.256 e. The number of carbonyl (C=O) groups is 2. The molecule has 3 heterocycles. The fourth-order valence-corrected chi connectivity index (χ4v) is 4.10. The van der Waals surface area contributed by atoms with Crippen molar-refractivity contribution in [3.05, 3.63) is 24.3 Å². The number of rotatable bonds is 1. The highest BCUT2D eigenvalue weighted by molar-refractivity contribution is 5.93. The van der Waals surface area contributed by atoms with E-state index in [1.807, 2.05) is 18.7 Å². The van der Waals surface area contributed by atoms with Crippen molar-refractivity contribution in [3.8, 4) is 0 Å². The zero-order valence-corrected chi connectivity index (χ0v) is 15.1. The Hall–Kier alpha value is -2.02. The van der Waals surface area contributed by atoms with E-state index in [0.29, 0.717) is 31.6 Å². The molecule has 1 spiro atoms. The first-order valence-electron chi connectivity index (χ1n) is 8.76. The van der Waals surface area contributed by atoms with Crippen LogP contribution < -0.4 is 0 Å². The number of hydrogen-bond acceptors (Lipinski definition) is 5. The number of carbonyl (C=O) groups excluding carboxylic acids is 2. The Bertz CT molecular complexity index is 654. The fraction of sp³-hybridized carbons (Fsp3) is 0.667. The van der Waals surface area contributed by atoms with Crippen LogP contribution in [0.4, 0.5) is 0 Å². The summed E-state index contributed by atoms with van der Waals surface area (Å²) in [7, 11) is 0. The molecule has 136 valence electrons. The molecule has 2 saturated heterocycles. The summed E-state index contributed by atoms with van der Waals surface area (Å²) in [5.74, 6) is -0.0707. The third-order valence-corrected chi connectivity index (χ3v) is 5.93. The highest BCUT2D eigenvalue weighted by Gasteiger charge is 2.50. The van der Waals surface area contributed by atoms with Gasteiger partial charge in [0.15, 0.2) is 0 Å². The topological polar surface area (TPSA) is 86.6 Å². The van der Waals surface area contributed by atoms with E-state index in [4.69, 9.17) is 0 Å². The maximum absolute atomic E-state index is 12.5. The minimum absolute atomic E-state index is 0.0111. The van der Waals surface area contributed by atoms with Crippen molar-refractivity contribution < 1.29 is 14.7 Å². The van der Waals surface area contributed by atoms with Crippen molar-refractivity contribution in [2.24, 2.45) is 5.41 Å². The minimum Gasteiger partial charge on any atom is -0.391 e. The van der Waals surface area contributed by atoms with Crippen LogP contribution in [0, 0.1) is 5.41 Å². The molecule has 1 aromatic rings. The van der Waals surface area contributed by atoms with E-state index in [1.165, 1.54) is 18.7 Å². The number of nitrogens with zero attached hydrogens (tertiary/aromatic N) is 4. The first kappa shape index (κ1) is 17.8. The highest BCUT2D eigenvalue weighted by atomic mass is 16.3. The van der Waals surface area contributed by atoms with Gasteiger partial charge in [0.1, 0.15) is 6.33 Å². The predicted molar refractivity (Wildman–Crippen MR) is 91.7 cm³/mol. The minimum atomic E-state index is -0.560. The summed E-state index contributed by atoms with van der Waals surface area (Å²) < 4.78 is 0. The highest BCUT2D eigenvalue weighted by Crippen LogP contribution is 2.45. The average Bonchev–Trinajstić information content (AvgIpc) is 2.59. The molecular formula is C18H26N4O3. The average molecular weight is 346 g/mol. The lowest BCUT2D eigenvalue weighted by Crippen LogP contribution is -2.64. The largest absolute Gasteiger partial charge is 0.391 e. The molecule has 0 aromatic carbocycles. The second-order valence-electron chi connectivity index (χ2n) is 7.90. The Morgan fingerprint density at radius 3 is 2.36 bits per heavy atom. The Morgan fingerprint density at radius 1 is 1.20 bits per heavy atom. The SMILES string of the molecule is CC(=O)N1CC2(CCN(C(=O)c3cncnc3)CC2)CC(O)C1(C)C. The number of aliphatic hydroxyl groups is 1. The molecule has 0 radical (unpaired) electrons. The lowest BCUT2D eigenvalue weighted by molar-refractivity contribution is -0.156. The fourth-order valence-electron chi connectivity index (χ4n) is 4.10. The lowest BCUT2D eigenvalue weighted by Gasteiger charge is -2.55. The first-order chi connectivity index (χ1) is 11.8. The van der Waals surface area contributed by atoms with Crippen LogP contribution in [0.25, 0.3) is 0 Å². The van der Waals surface area contributed by atoms with Crippen molar-refractivity contribution in [1.82, 2.24) is 19.8 Å². The van der Waals surface area contributed by atoms with Gasteiger partial charge in [0.05, 0.1) is 17.2 Å². The predicted octanol–water partition coefficient (Wildman–Crippen LogP) is 1.09. The van der Waals surface area contributed by atoms with Gasteiger partial charge in [-0.25, -0.2) is 9.97 Å². The number of piperidine rings is 2. The molecule has 0 saturated carbocycles. The van der Waals surface area contributed by atoms with Crippen molar-refractivity contribution in [1.29, 1.82) is 0 Å². The first-order valence-corrected chi connectivity index (χ1v) is 8.76. The van der Waals surface area contributed by atoms with Crippen LogP contribution in [0.2, 0.25) is 0 Å². The summed E-state index contributed by atoms with van der Waals surface area (Å²) in [5, 5.41) is 10.6. The van der Waals surface area contributed by atoms with Crippen LogP contribution in [0.5, 0.6) is 0 Å². The van der Waals surface area contributed by atoms with E-state index in [-0.39, 0.29) is 17.2 Å². The number of aromatic nitrogens is 2. The van der Waals surface area contributed by atoms with Crippen LogP contribution >= 0.6 is 0 Å². The van der Waals surface area contributed by atoms with Gasteiger partial charge in [-0.3, -0.25) is 9.59 Å². The number of likely N-dealkylation sites (tertiary alicyclic amines) is 2. The van der Waals surface area contributed by atoms with E-state index in [0.717, 1.165) is 12.8 Å². The number of hydrogen-bond donors (Lipinski definition) is 1. The quantitative estimate of drug-likeness (QED) is 0.823. The van der Waals surface area contributed by atoms with Gasteiger partial charge in [-0.1, -0.05) is 0 Å². The molecule has 2 aliphatic heterocycles. The summed E-state index contributed by atoms with van der Waals surface area (Å²) in [6, 6.07) is 0. The molecular weight excluding hydrogens is 320 g/mol. The molecule has 2 aliphatic rings. The monoisotopic (exact) mass is 346 g/mol. The zero-order valence-electron chi connectivity index (χ0n) is 15.1. The van der Waals surface area contributed by atoms with Gasteiger partial charge in [0, 0.05) is 39.0 Å². The molecule has 2 amide bonds. The summed E-state index contributed by atoms with van der Waals surface area (Å²) >= 11 is 0. The Balaban J connectivity index is 1.71. The van der Waals surface area contributed by atoms with Crippen LogP contribution in [0.15, 0.2) is 18.7 Å². The zero-order chi connectivity index (χ0) is 18.2. The van der Waals surface area contributed by atoms with Crippen molar-refractivity contribution in [3.63, 3.8) is 0 Å². The van der Waals surface area contributed by atoms with Crippen LogP contribution in [-0.4, -0.2) is 68.0 Å². The van der Waals surface area contributed by atoms with E-state index in [9.17, 15) is 14.7 Å². The van der Waals surface area contributed by atoms with Gasteiger partial charge in [0.25, 0.3) is 5.91 Å². The normalized spacial score (nSPS) is 25.0. The van der Waals surface area contributed by atoms with E-state index < -0.39 is 11.6 Å². The van der Waals surface area contributed by atoms with Gasteiger partial charge >= 0.3 is 0 Å². The van der Waals surface area contributed by atoms with E-state index in [1.54, 1.807) is 11.8 Å². The van der Waals surface area contributed by atoms with Gasteiger partial charge in [0.2, 0.25) is 5.91 Å². The standard InChI is InChI=1S/C18H26N4O3/c1-13(23)22-11-18(8-15(24)17(22,2)3)4-6-21(7-5-18)16(25)14-9-19-12-20-10-14/h9-10,12,15,24H,4-8,11H2,1-3H3. The van der Waals surface area contributed by atoms with Crippen LogP contribution in [-0.2, 0) is 4.79 Å². The number of amides is 2. The van der Waals surface area contributed by atoms with Crippen molar-refractivity contribution in [2.45, 2.75) is 51.7 Å². The second-order valence-corrected chi connectivity index (χ2v) is 7.90. The molecule has 3 rings (SSSR count). The maximum Gasteiger partial charge on any atom is 0.256 e. The van der Waals surface area contributed by atoms with Crippen LogP contribution in [0.3, 0.4) is 0 Å². The summed E-state index contributed by atoms with van der Waals surface area (Å²) in [6.45, 7) is 7.27. The van der Waals surface area contributed by atoms with Gasteiger partial charge in [-0.15, -0.1) is 0 Å². The number of aliphatic hydroxyl groups excluding tert-OH is 1. The molecule has 1 unspecified atom stereocenters. The molecule has 0 bridgehead atoms. The van der Waals surface area contributed by atoms with Gasteiger partial charge in [-0.05, 0) is 38.5 Å². The molecule has 0 aliphatic carbocycles. The molecule has 7 nitrogen and oxygen atoms in total. The Labute approximate surface area is 148 Å². The molecule has 1 N–H and O–H groups in total.